The number of halogens is 3. The van der Waals surface area contributed by atoms with Gasteiger partial charge < -0.3 is 14.5 Å². The van der Waals surface area contributed by atoms with E-state index in [2.05, 4.69) is 0 Å². The maximum Gasteiger partial charge on any atom is 0.416 e. The Hall–Kier alpha value is -2.25. The molecule has 0 radical (unpaired) electrons. The van der Waals surface area contributed by atoms with E-state index in [0.29, 0.717) is 13.1 Å². The number of hydrogen-bond donors (Lipinski definition) is 0. The molecule has 2 unspecified atom stereocenters. The predicted octanol–water partition coefficient (Wildman–Crippen LogP) is 3.33. The summed E-state index contributed by atoms with van der Waals surface area (Å²) < 4.78 is 45.0. The molecule has 8 heteroatoms. The molecule has 152 valence electrons. The molecule has 0 spiro atoms. The highest BCUT2D eigenvalue weighted by molar-refractivity contribution is 5.97. The van der Waals surface area contributed by atoms with Crippen LogP contribution in [0.4, 0.5) is 13.2 Å². The molecular weight excluding hydrogens is 373 g/mol. The van der Waals surface area contributed by atoms with Crippen LogP contribution in [-0.2, 0) is 11.0 Å². The van der Waals surface area contributed by atoms with E-state index in [1.165, 1.54) is 11.0 Å². The van der Waals surface area contributed by atoms with Gasteiger partial charge in [0.25, 0.3) is 5.91 Å². The molecule has 2 atom stereocenters. The summed E-state index contributed by atoms with van der Waals surface area (Å²) in [5.41, 5.74) is -0.963. The summed E-state index contributed by atoms with van der Waals surface area (Å²) in [5.74, 6) is -0.242. The van der Waals surface area contributed by atoms with Gasteiger partial charge in [-0.15, -0.1) is 0 Å². The molecule has 1 aliphatic carbocycles. The van der Waals surface area contributed by atoms with Gasteiger partial charge in [0.05, 0.1) is 23.7 Å². The molecule has 0 N–H and O–H groups in total. The SMILES string of the molecule is CN1C(=O)c2cc(C(F)(F)F)ccc2OC2CN(C(=O)C3CCCCC3)CC21. The Morgan fingerprint density at radius 1 is 1.14 bits per heavy atom. The first-order chi connectivity index (χ1) is 13.3. The minimum Gasteiger partial charge on any atom is -0.486 e. The Bertz CT molecular complexity index is 789. The Balaban J connectivity index is 1.57. The molecule has 5 nitrogen and oxygen atoms in total. The molecule has 2 heterocycles. The zero-order chi connectivity index (χ0) is 20.1. The van der Waals surface area contributed by atoms with E-state index < -0.39 is 23.8 Å². The van der Waals surface area contributed by atoms with Crippen LogP contribution in [0.1, 0.15) is 48.0 Å². The Morgan fingerprint density at radius 2 is 1.86 bits per heavy atom. The monoisotopic (exact) mass is 396 g/mol. The fourth-order valence-electron chi connectivity index (χ4n) is 4.51. The van der Waals surface area contributed by atoms with Gasteiger partial charge in [-0.05, 0) is 31.0 Å². The van der Waals surface area contributed by atoms with Crippen molar-refractivity contribution in [1.82, 2.24) is 9.80 Å². The van der Waals surface area contributed by atoms with Crippen molar-refractivity contribution in [1.29, 1.82) is 0 Å². The molecule has 4 rings (SSSR count). The van der Waals surface area contributed by atoms with Crippen LogP contribution in [0.3, 0.4) is 0 Å². The predicted molar refractivity (Wildman–Crippen MR) is 94.9 cm³/mol. The number of hydrogen-bond acceptors (Lipinski definition) is 3. The van der Waals surface area contributed by atoms with Gasteiger partial charge in [-0.25, -0.2) is 0 Å². The topological polar surface area (TPSA) is 49.9 Å². The molecule has 0 aromatic heterocycles. The number of benzene rings is 1. The molecule has 1 saturated carbocycles. The third-order valence-electron chi connectivity index (χ3n) is 6.14. The molecule has 0 bridgehead atoms. The summed E-state index contributed by atoms with van der Waals surface area (Å²) >= 11 is 0. The fourth-order valence-corrected chi connectivity index (χ4v) is 4.51. The van der Waals surface area contributed by atoms with E-state index in [-0.39, 0.29) is 29.2 Å². The highest BCUT2D eigenvalue weighted by atomic mass is 19.4. The second-order valence-electron chi connectivity index (χ2n) is 7.93. The number of likely N-dealkylation sites (N-methyl/N-ethyl adjacent to an activating group) is 1. The molecule has 28 heavy (non-hydrogen) atoms. The van der Waals surface area contributed by atoms with Crippen LogP contribution in [0.15, 0.2) is 18.2 Å². The number of carbonyl (C=O) groups is 2. The lowest BCUT2D eigenvalue weighted by atomic mass is 9.88. The van der Waals surface area contributed by atoms with Gasteiger partial charge in [0, 0.05) is 19.5 Å². The van der Waals surface area contributed by atoms with Crippen molar-refractivity contribution in [3.05, 3.63) is 29.3 Å². The molecular formula is C20H23F3N2O3. The van der Waals surface area contributed by atoms with Crippen molar-refractivity contribution >= 4 is 11.8 Å². The summed E-state index contributed by atoms with van der Waals surface area (Å²) in [6.45, 7) is 0.695. The van der Waals surface area contributed by atoms with E-state index in [1.807, 2.05) is 0 Å². The van der Waals surface area contributed by atoms with Gasteiger partial charge in [0.1, 0.15) is 11.9 Å². The van der Waals surface area contributed by atoms with Gasteiger partial charge >= 0.3 is 6.18 Å². The van der Waals surface area contributed by atoms with Crippen LogP contribution in [0.2, 0.25) is 0 Å². The summed E-state index contributed by atoms with van der Waals surface area (Å²) in [6.07, 6.45) is 0.0827. The van der Waals surface area contributed by atoms with E-state index in [1.54, 1.807) is 11.9 Å². The number of alkyl halides is 3. The number of ether oxygens (including phenoxy) is 1. The van der Waals surface area contributed by atoms with Gasteiger partial charge in [-0.1, -0.05) is 19.3 Å². The molecule has 3 aliphatic rings. The van der Waals surface area contributed by atoms with Gasteiger partial charge in [0.2, 0.25) is 5.91 Å². The van der Waals surface area contributed by atoms with Crippen molar-refractivity contribution < 1.29 is 27.5 Å². The quantitative estimate of drug-likeness (QED) is 0.732. The van der Waals surface area contributed by atoms with Crippen molar-refractivity contribution in [3.63, 3.8) is 0 Å². The molecule has 1 aromatic rings. The van der Waals surface area contributed by atoms with Crippen LogP contribution >= 0.6 is 0 Å². The van der Waals surface area contributed by atoms with Crippen molar-refractivity contribution in [3.8, 4) is 5.75 Å². The number of amides is 2. The molecule has 1 saturated heterocycles. The van der Waals surface area contributed by atoms with Crippen LogP contribution in [0.25, 0.3) is 0 Å². The lowest BCUT2D eigenvalue weighted by Gasteiger charge is -2.27. The first-order valence-corrected chi connectivity index (χ1v) is 9.69. The van der Waals surface area contributed by atoms with E-state index in [0.717, 1.165) is 44.2 Å². The Kier molecular flexibility index (Phi) is 4.75. The summed E-state index contributed by atoms with van der Waals surface area (Å²) in [5, 5.41) is 0. The largest absolute Gasteiger partial charge is 0.486 e. The maximum atomic E-state index is 13.0. The number of rotatable bonds is 1. The average molecular weight is 396 g/mol. The molecule has 1 aromatic carbocycles. The van der Waals surface area contributed by atoms with Crippen LogP contribution in [0.5, 0.6) is 5.75 Å². The standard InChI is InChI=1S/C20H23F3N2O3/c1-24-15-10-25(18(26)12-5-3-2-4-6-12)11-17(15)28-16-8-7-13(20(21,22)23)9-14(16)19(24)27/h7-9,12,15,17H,2-6,10-11H2,1H3. The van der Waals surface area contributed by atoms with Crippen LogP contribution in [-0.4, -0.2) is 53.9 Å². The van der Waals surface area contributed by atoms with Gasteiger partial charge in [0.15, 0.2) is 0 Å². The molecule has 2 amide bonds. The van der Waals surface area contributed by atoms with Crippen LogP contribution in [0, 0.1) is 5.92 Å². The minimum absolute atomic E-state index is 0.0266. The number of nitrogens with zero attached hydrogens (tertiary/aromatic N) is 2. The zero-order valence-electron chi connectivity index (χ0n) is 15.7. The highest BCUT2D eigenvalue weighted by Crippen LogP contribution is 2.37. The fraction of sp³-hybridized carbons (Fsp3) is 0.600. The smallest absolute Gasteiger partial charge is 0.416 e. The third kappa shape index (κ3) is 3.33. The van der Waals surface area contributed by atoms with E-state index in [9.17, 15) is 22.8 Å². The number of likely N-dealkylation sites (tertiary alicyclic amines) is 1. The van der Waals surface area contributed by atoms with Gasteiger partial charge in [-0.3, -0.25) is 9.59 Å². The van der Waals surface area contributed by atoms with Crippen molar-refractivity contribution in [2.45, 2.75) is 50.4 Å². The van der Waals surface area contributed by atoms with Crippen molar-refractivity contribution in [2.24, 2.45) is 5.92 Å². The zero-order valence-corrected chi connectivity index (χ0v) is 15.7. The first-order valence-electron chi connectivity index (χ1n) is 9.69. The summed E-state index contributed by atoms with van der Waals surface area (Å²) in [4.78, 5) is 28.8. The first kappa shape index (κ1) is 19.1. The van der Waals surface area contributed by atoms with Gasteiger partial charge in [-0.2, -0.15) is 13.2 Å². The van der Waals surface area contributed by atoms with Crippen LogP contribution < -0.4 is 4.74 Å². The Labute approximate surface area is 161 Å². The van der Waals surface area contributed by atoms with E-state index >= 15 is 0 Å². The maximum absolute atomic E-state index is 13.0. The lowest BCUT2D eigenvalue weighted by Crippen LogP contribution is -2.44. The van der Waals surface area contributed by atoms with E-state index in [4.69, 9.17) is 4.74 Å². The third-order valence-corrected chi connectivity index (χ3v) is 6.14. The highest BCUT2D eigenvalue weighted by Gasteiger charge is 2.45. The Morgan fingerprint density at radius 3 is 2.54 bits per heavy atom. The molecule has 2 fully saturated rings. The lowest BCUT2D eigenvalue weighted by molar-refractivity contribution is -0.138. The second-order valence-corrected chi connectivity index (χ2v) is 7.93. The number of fused-ring (bicyclic) bond motifs is 2. The minimum atomic E-state index is -4.53. The average Bonchev–Trinajstić information content (AvgIpc) is 3.06. The summed E-state index contributed by atoms with van der Waals surface area (Å²) in [7, 11) is 1.56. The number of carbonyl (C=O) groups excluding carboxylic acids is 2. The normalized spacial score (nSPS) is 25.8. The molecule has 2 aliphatic heterocycles. The second kappa shape index (κ2) is 6.97. The summed E-state index contributed by atoms with van der Waals surface area (Å²) in [6, 6.07) is 2.60. The van der Waals surface area contributed by atoms with Crippen molar-refractivity contribution in [2.75, 3.05) is 20.1 Å².